The number of primary sulfonamides is 1. The molecule has 1 aromatic heterocycles. The summed E-state index contributed by atoms with van der Waals surface area (Å²) in [6.45, 7) is 0. The minimum absolute atomic E-state index is 0.0498. The molecule has 2 rings (SSSR count). The van der Waals surface area contributed by atoms with Gasteiger partial charge in [-0.2, -0.15) is 0 Å². The molecule has 0 saturated carbocycles. The Morgan fingerprint density at radius 2 is 2.11 bits per heavy atom. The van der Waals surface area contributed by atoms with Crippen molar-refractivity contribution in [3.8, 4) is 16.2 Å². The van der Waals surface area contributed by atoms with Gasteiger partial charge in [0.25, 0.3) is 0 Å². The molecule has 0 bridgehead atoms. The molecule has 0 fully saturated rings. The lowest BCUT2D eigenvalue weighted by atomic mass is 10.2. The first-order valence-electron chi connectivity index (χ1n) is 4.84. The van der Waals surface area contributed by atoms with Crippen LogP contribution in [0.1, 0.15) is 0 Å². The molecule has 0 aliphatic heterocycles. The van der Waals surface area contributed by atoms with Crippen LogP contribution in [-0.4, -0.2) is 20.5 Å². The first kappa shape index (κ1) is 12.8. The molecule has 4 N–H and O–H groups in total. The van der Waals surface area contributed by atoms with E-state index in [9.17, 15) is 8.42 Å². The largest absolute Gasteiger partial charge is 0.495 e. The van der Waals surface area contributed by atoms with Gasteiger partial charge < -0.3 is 10.5 Å². The van der Waals surface area contributed by atoms with Crippen LogP contribution in [0.2, 0.25) is 0 Å². The van der Waals surface area contributed by atoms with Crippen LogP contribution in [-0.2, 0) is 10.0 Å². The maximum Gasteiger partial charge on any atom is 0.241 e. The first-order valence-corrected chi connectivity index (χ1v) is 7.20. The highest BCUT2D eigenvalue weighted by molar-refractivity contribution is 7.89. The number of sulfonamides is 1. The molecule has 0 saturated heterocycles. The monoisotopic (exact) mass is 285 g/mol. The molecule has 0 aliphatic rings. The predicted octanol–water partition coefficient (Wildman–Crippen LogP) is 1.05. The Morgan fingerprint density at radius 1 is 1.39 bits per heavy atom. The molecule has 0 spiro atoms. The highest BCUT2D eigenvalue weighted by Crippen LogP contribution is 2.32. The second-order valence-electron chi connectivity index (χ2n) is 3.47. The molecule has 96 valence electrons. The van der Waals surface area contributed by atoms with Crippen molar-refractivity contribution >= 4 is 26.5 Å². The SMILES string of the molecule is COc1cc(-c2cnc(N)s2)ccc1S(N)(=O)=O. The minimum Gasteiger partial charge on any atom is -0.495 e. The Morgan fingerprint density at radius 3 is 2.61 bits per heavy atom. The van der Waals surface area contributed by atoms with Crippen LogP contribution in [0.25, 0.3) is 10.4 Å². The Bertz CT molecular complexity index is 679. The van der Waals surface area contributed by atoms with Crippen molar-refractivity contribution < 1.29 is 13.2 Å². The molecular formula is C10H11N3O3S2. The van der Waals surface area contributed by atoms with Gasteiger partial charge >= 0.3 is 0 Å². The molecule has 18 heavy (non-hydrogen) atoms. The highest BCUT2D eigenvalue weighted by atomic mass is 32.2. The van der Waals surface area contributed by atoms with Crippen molar-refractivity contribution in [2.75, 3.05) is 12.8 Å². The summed E-state index contributed by atoms with van der Waals surface area (Å²) >= 11 is 1.30. The van der Waals surface area contributed by atoms with Crippen LogP contribution in [0.3, 0.4) is 0 Å². The third kappa shape index (κ3) is 2.45. The van der Waals surface area contributed by atoms with Gasteiger partial charge in [0.2, 0.25) is 10.0 Å². The number of benzene rings is 1. The zero-order valence-corrected chi connectivity index (χ0v) is 11.1. The van der Waals surface area contributed by atoms with Gasteiger partial charge in [0.15, 0.2) is 5.13 Å². The van der Waals surface area contributed by atoms with Crippen molar-refractivity contribution in [1.82, 2.24) is 4.98 Å². The summed E-state index contributed by atoms with van der Waals surface area (Å²) in [5, 5.41) is 5.53. The molecule has 0 atom stereocenters. The van der Waals surface area contributed by atoms with Crippen LogP contribution in [0, 0.1) is 0 Å². The topological polar surface area (TPSA) is 108 Å². The van der Waals surface area contributed by atoms with E-state index in [0.29, 0.717) is 5.13 Å². The summed E-state index contributed by atoms with van der Waals surface area (Å²) < 4.78 is 27.7. The summed E-state index contributed by atoms with van der Waals surface area (Å²) in [5.41, 5.74) is 6.32. The second kappa shape index (κ2) is 4.56. The normalized spacial score (nSPS) is 11.4. The molecule has 6 nitrogen and oxygen atoms in total. The molecule has 0 aliphatic carbocycles. The van der Waals surface area contributed by atoms with E-state index in [4.69, 9.17) is 15.6 Å². The molecule has 0 unspecified atom stereocenters. The fourth-order valence-corrected chi connectivity index (χ4v) is 2.84. The van der Waals surface area contributed by atoms with Gasteiger partial charge in [0.1, 0.15) is 10.6 Å². The van der Waals surface area contributed by atoms with Crippen molar-refractivity contribution in [1.29, 1.82) is 0 Å². The van der Waals surface area contributed by atoms with Crippen LogP contribution in [0.15, 0.2) is 29.3 Å². The fraction of sp³-hybridized carbons (Fsp3) is 0.100. The standard InChI is InChI=1S/C10H11N3O3S2/c1-16-7-4-6(8-5-13-10(11)17-8)2-3-9(7)18(12,14)15/h2-5H,1H3,(H2,11,13)(H2,12,14,15). The Balaban J connectivity index is 2.55. The number of thiazole rings is 1. The lowest BCUT2D eigenvalue weighted by molar-refractivity contribution is 0.403. The van der Waals surface area contributed by atoms with Gasteiger partial charge in [-0.25, -0.2) is 18.5 Å². The number of hydrogen-bond donors (Lipinski definition) is 2. The number of hydrogen-bond acceptors (Lipinski definition) is 6. The lowest BCUT2D eigenvalue weighted by Gasteiger charge is -2.07. The third-order valence-electron chi connectivity index (χ3n) is 2.28. The maximum absolute atomic E-state index is 11.3. The van der Waals surface area contributed by atoms with Gasteiger partial charge in [-0.1, -0.05) is 17.4 Å². The number of nitrogen functional groups attached to an aromatic ring is 1. The van der Waals surface area contributed by atoms with E-state index in [1.165, 1.54) is 24.5 Å². The number of ether oxygens (including phenoxy) is 1. The van der Waals surface area contributed by atoms with Gasteiger partial charge in [-0.3, -0.25) is 0 Å². The number of rotatable bonds is 3. The third-order valence-corrected chi connectivity index (χ3v) is 4.10. The summed E-state index contributed by atoms with van der Waals surface area (Å²) in [7, 11) is -2.42. The average Bonchev–Trinajstić information content (AvgIpc) is 2.74. The number of nitrogens with two attached hydrogens (primary N) is 2. The van der Waals surface area contributed by atoms with E-state index in [0.717, 1.165) is 10.4 Å². The van der Waals surface area contributed by atoms with E-state index in [2.05, 4.69) is 4.98 Å². The van der Waals surface area contributed by atoms with Crippen molar-refractivity contribution in [2.24, 2.45) is 5.14 Å². The Labute approximate surface area is 108 Å². The molecular weight excluding hydrogens is 274 g/mol. The van der Waals surface area contributed by atoms with Gasteiger partial charge in [-0.05, 0) is 17.7 Å². The fourth-order valence-electron chi connectivity index (χ4n) is 1.48. The highest BCUT2D eigenvalue weighted by Gasteiger charge is 2.16. The smallest absolute Gasteiger partial charge is 0.241 e. The number of methoxy groups -OCH3 is 1. The zero-order valence-electron chi connectivity index (χ0n) is 9.45. The molecule has 0 radical (unpaired) electrons. The summed E-state index contributed by atoms with van der Waals surface area (Å²) in [5.74, 6) is 0.196. The molecule has 1 aromatic carbocycles. The van der Waals surface area contributed by atoms with E-state index >= 15 is 0 Å². The van der Waals surface area contributed by atoms with Gasteiger partial charge in [0, 0.05) is 6.20 Å². The minimum atomic E-state index is -3.80. The Kier molecular flexibility index (Phi) is 3.24. The van der Waals surface area contributed by atoms with Crippen molar-refractivity contribution in [3.05, 3.63) is 24.4 Å². The van der Waals surface area contributed by atoms with Crippen LogP contribution in [0.4, 0.5) is 5.13 Å². The quantitative estimate of drug-likeness (QED) is 0.876. The Hall–Kier alpha value is -1.64. The second-order valence-corrected chi connectivity index (χ2v) is 6.07. The average molecular weight is 285 g/mol. The van der Waals surface area contributed by atoms with Crippen molar-refractivity contribution in [3.63, 3.8) is 0 Å². The van der Waals surface area contributed by atoms with Crippen LogP contribution >= 0.6 is 11.3 Å². The maximum atomic E-state index is 11.3. The van der Waals surface area contributed by atoms with E-state index in [1.807, 2.05) is 0 Å². The lowest BCUT2D eigenvalue weighted by Crippen LogP contribution is -2.13. The van der Waals surface area contributed by atoms with Crippen molar-refractivity contribution in [2.45, 2.75) is 4.90 Å². The van der Waals surface area contributed by atoms with E-state index in [1.54, 1.807) is 18.3 Å². The van der Waals surface area contributed by atoms with Crippen LogP contribution < -0.4 is 15.6 Å². The molecule has 1 heterocycles. The molecule has 2 aromatic rings. The summed E-state index contributed by atoms with van der Waals surface area (Å²) in [6.07, 6.45) is 1.62. The van der Waals surface area contributed by atoms with Crippen LogP contribution in [0.5, 0.6) is 5.75 Å². The number of anilines is 1. The van der Waals surface area contributed by atoms with E-state index in [-0.39, 0.29) is 10.6 Å². The van der Waals surface area contributed by atoms with Gasteiger partial charge in [0.05, 0.1) is 12.0 Å². The number of nitrogens with zero attached hydrogens (tertiary/aromatic N) is 1. The van der Waals surface area contributed by atoms with E-state index < -0.39 is 10.0 Å². The van der Waals surface area contributed by atoms with Gasteiger partial charge in [-0.15, -0.1) is 0 Å². The zero-order chi connectivity index (χ0) is 13.3. The first-order chi connectivity index (χ1) is 8.41. The summed E-state index contributed by atoms with van der Waals surface area (Å²) in [6, 6.07) is 4.63. The summed E-state index contributed by atoms with van der Waals surface area (Å²) in [4.78, 5) is 4.71. The number of aromatic nitrogens is 1. The molecule has 8 heteroatoms. The predicted molar refractivity (Wildman–Crippen MR) is 69.9 cm³/mol. The molecule has 0 amide bonds.